The van der Waals surface area contributed by atoms with Gasteiger partial charge in [-0.2, -0.15) is 5.10 Å². The van der Waals surface area contributed by atoms with E-state index >= 15 is 0 Å². The van der Waals surface area contributed by atoms with Crippen molar-refractivity contribution < 1.29 is 0 Å². The van der Waals surface area contributed by atoms with Gasteiger partial charge in [0.1, 0.15) is 12.0 Å². The van der Waals surface area contributed by atoms with Crippen molar-refractivity contribution >= 4 is 29.3 Å². The zero-order valence-electron chi connectivity index (χ0n) is 8.71. The van der Waals surface area contributed by atoms with Gasteiger partial charge in [-0.25, -0.2) is 9.97 Å². The number of aromatic nitrogens is 3. The Morgan fingerprint density at radius 2 is 2.18 bits per heavy atom. The van der Waals surface area contributed by atoms with Crippen molar-refractivity contribution in [1.29, 1.82) is 0 Å². The van der Waals surface area contributed by atoms with Crippen LogP contribution in [0.5, 0.6) is 0 Å². The molecule has 0 aliphatic carbocycles. The summed E-state index contributed by atoms with van der Waals surface area (Å²) < 4.78 is 0. The quantitative estimate of drug-likeness (QED) is 0.489. The molecular formula is C10H9ClN6. The zero-order valence-corrected chi connectivity index (χ0v) is 9.46. The molecule has 0 fully saturated rings. The first-order valence-electron chi connectivity index (χ1n) is 4.73. The van der Waals surface area contributed by atoms with Crippen molar-refractivity contribution in [2.75, 3.05) is 11.2 Å². The molecule has 0 radical (unpaired) electrons. The molecule has 0 atom stereocenters. The van der Waals surface area contributed by atoms with Crippen LogP contribution >= 0.6 is 11.6 Å². The van der Waals surface area contributed by atoms with E-state index in [0.29, 0.717) is 5.82 Å². The van der Waals surface area contributed by atoms with Crippen LogP contribution in [0.15, 0.2) is 35.8 Å². The number of nitrogens with one attached hydrogen (secondary N) is 1. The predicted molar refractivity (Wildman–Crippen MR) is 66.9 cm³/mol. The van der Waals surface area contributed by atoms with Gasteiger partial charge in [0.25, 0.3) is 0 Å². The van der Waals surface area contributed by atoms with E-state index in [4.69, 9.17) is 17.3 Å². The van der Waals surface area contributed by atoms with Gasteiger partial charge in [-0.05, 0) is 12.1 Å². The Kier molecular flexibility index (Phi) is 3.46. The number of pyridine rings is 1. The Morgan fingerprint density at radius 1 is 1.29 bits per heavy atom. The Labute approximate surface area is 103 Å². The molecule has 0 spiro atoms. The molecule has 86 valence electrons. The summed E-state index contributed by atoms with van der Waals surface area (Å²) in [5, 5.41) is 4.14. The van der Waals surface area contributed by atoms with Gasteiger partial charge in [0, 0.05) is 6.20 Å². The van der Waals surface area contributed by atoms with Gasteiger partial charge in [-0.15, -0.1) is 0 Å². The van der Waals surface area contributed by atoms with E-state index in [1.165, 1.54) is 6.33 Å². The van der Waals surface area contributed by atoms with E-state index in [9.17, 15) is 0 Å². The van der Waals surface area contributed by atoms with Crippen molar-refractivity contribution in [2.24, 2.45) is 5.10 Å². The number of nitrogens with zero attached hydrogens (tertiary/aromatic N) is 4. The first-order valence-corrected chi connectivity index (χ1v) is 5.11. The Hall–Kier alpha value is -2.21. The number of anilines is 2. The largest absolute Gasteiger partial charge is 0.393 e. The number of nitrogens with two attached hydrogens (primary N) is 1. The van der Waals surface area contributed by atoms with Gasteiger partial charge in [-0.1, -0.05) is 17.7 Å². The highest BCUT2D eigenvalue weighted by molar-refractivity contribution is 6.32. The zero-order chi connectivity index (χ0) is 12.1. The fourth-order valence-electron chi connectivity index (χ4n) is 1.08. The molecule has 17 heavy (non-hydrogen) atoms. The molecule has 0 aliphatic heterocycles. The van der Waals surface area contributed by atoms with Gasteiger partial charge in [-0.3, -0.25) is 10.4 Å². The van der Waals surface area contributed by atoms with Gasteiger partial charge < -0.3 is 5.73 Å². The van der Waals surface area contributed by atoms with E-state index in [2.05, 4.69) is 25.5 Å². The molecule has 0 saturated carbocycles. The summed E-state index contributed by atoms with van der Waals surface area (Å²) in [6.45, 7) is 0. The summed E-state index contributed by atoms with van der Waals surface area (Å²) in [7, 11) is 0. The maximum absolute atomic E-state index is 5.73. The van der Waals surface area contributed by atoms with E-state index in [1.54, 1.807) is 12.4 Å². The summed E-state index contributed by atoms with van der Waals surface area (Å²) in [5.74, 6) is 0.359. The molecule has 0 aromatic carbocycles. The minimum Gasteiger partial charge on any atom is -0.393 e. The lowest BCUT2D eigenvalue weighted by Crippen LogP contribution is -2.01. The van der Waals surface area contributed by atoms with Crippen LogP contribution in [0.2, 0.25) is 5.15 Å². The number of nitrogen functional groups attached to an aromatic ring is 1. The number of hydrazone groups is 1. The van der Waals surface area contributed by atoms with E-state index in [0.717, 1.165) is 5.69 Å². The first kappa shape index (κ1) is 11.3. The fourth-order valence-corrected chi connectivity index (χ4v) is 1.21. The van der Waals surface area contributed by atoms with Crippen molar-refractivity contribution in [3.63, 3.8) is 0 Å². The fraction of sp³-hybridized carbons (Fsp3) is 0. The highest BCUT2D eigenvalue weighted by Gasteiger charge is 2.03. The molecule has 0 aliphatic rings. The molecule has 7 heteroatoms. The molecule has 2 rings (SSSR count). The lowest BCUT2D eigenvalue weighted by atomic mass is 10.4. The van der Waals surface area contributed by atoms with Crippen LogP contribution in [-0.4, -0.2) is 21.2 Å². The standard InChI is InChI=1S/C10H9ClN6/c11-9-8(12)10(15-6-14-9)17-16-5-7-3-1-2-4-13-7/h1-6H,12H2,(H,14,15,17)/b16-5-. The lowest BCUT2D eigenvalue weighted by Gasteiger charge is -2.03. The summed E-state index contributed by atoms with van der Waals surface area (Å²) in [4.78, 5) is 11.7. The molecule has 0 bridgehead atoms. The second-order valence-corrected chi connectivity index (χ2v) is 3.41. The Morgan fingerprint density at radius 3 is 2.94 bits per heavy atom. The summed E-state index contributed by atoms with van der Waals surface area (Å²) >= 11 is 5.73. The number of halogens is 1. The van der Waals surface area contributed by atoms with Gasteiger partial charge in [0.15, 0.2) is 11.0 Å². The van der Waals surface area contributed by atoms with Crippen molar-refractivity contribution in [3.05, 3.63) is 41.6 Å². The summed E-state index contributed by atoms with van der Waals surface area (Å²) in [6.07, 6.45) is 4.53. The van der Waals surface area contributed by atoms with Gasteiger partial charge in [0.2, 0.25) is 0 Å². The normalized spacial score (nSPS) is 10.6. The van der Waals surface area contributed by atoms with Crippen LogP contribution in [0.4, 0.5) is 11.5 Å². The van der Waals surface area contributed by atoms with E-state index in [-0.39, 0.29) is 10.8 Å². The average Bonchev–Trinajstić information content (AvgIpc) is 2.36. The maximum atomic E-state index is 5.73. The topological polar surface area (TPSA) is 89.1 Å². The van der Waals surface area contributed by atoms with Crippen LogP contribution in [0.25, 0.3) is 0 Å². The van der Waals surface area contributed by atoms with Crippen molar-refractivity contribution in [3.8, 4) is 0 Å². The number of hydrogen-bond donors (Lipinski definition) is 2. The summed E-state index contributed by atoms with van der Waals surface area (Å²) in [5.41, 5.74) is 9.30. The van der Waals surface area contributed by atoms with Gasteiger partial charge in [0.05, 0.1) is 11.9 Å². The molecule has 2 aromatic rings. The predicted octanol–water partition coefficient (Wildman–Crippen LogP) is 1.55. The van der Waals surface area contributed by atoms with Crippen LogP contribution in [0.1, 0.15) is 5.69 Å². The molecule has 2 heterocycles. The first-order chi connectivity index (χ1) is 8.27. The number of rotatable bonds is 3. The Bertz CT molecular complexity index is 528. The van der Waals surface area contributed by atoms with Crippen LogP contribution in [0, 0.1) is 0 Å². The lowest BCUT2D eigenvalue weighted by molar-refractivity contribution is 1.14. The minimum absolute atomic E-state index is 0.190. The van der Waals surface area contributed by atoms with Crippen LogP contribution < -0.4 is 11.2 Å². The molecule has 3 N–H and O–H groups in total. The molecule has 6 nitrogen and oxygen atoms in total. The monoisotopic (exact) mass is 248 g/mol. The molecule has 0 amide bonds. The third-order valence-corrected chi connectivity index (χ3v) is 2.19. The molecule has 0 saturated heterocycles. The van der Waals surface area contributed by atoms with Crippen molar-refractivity contribution in [1.82, 2.24) is 15.0 Å². The molecule has 0 unspecified atom stereocenters. The third-order valence-electron chi connectivity index (χ3n) is 1.89. The third kappa shape index (κ3) is 2.88. The van der Waals surface area contributed by atoms with Crippen LogP contribution in [-0.2, 0) is 0 Å². The van der Waals surface area contributed by atoms with Gasteiger partial charge >= 0.3 is 0 Å². The molecule has 2 aromatic heterocycles. The van der Waals surface area contributed by atoms with Crippen LogP contribution in [0.3, 0.4) is 0 Å². The maximum Gasteiger partial charge on any atom is 0.174 e. The highest BCUT2D eigenvalue weighted by Crippen LogP contribution is 2.21. The average molecular weight is 249 g/mol. The second-order valence-electron chi connectivity index (χ2n) is 3.05. The Balaban J connectivity index is 2.08. The highest BCUT2D eigenvalue weighted by atomic mass is 35.5. The van der Waals surface area contributed by atoms with E-state index in [1.807, 2.05) is 18.2 Å². The second kappa shape index (κ2) is 5.22. The molecular weight excluding hydrogens is 240 g/mol. The number of hydrogen-bond acceptors (Lipinski definition) is 6. The summed E-state index contributed by atoms with van der Waals surface area (Å²) in [6, 6.07) is 5.51. The minimum atomic E-state index is 0.190. The SMILES string of the molecule is Nc1c(Cl)ncnc1N/N=C\c1ccccn1. The smallest absolute Gasteiger partial charge is 0.174 e. The van der Waals surface area contributed by atoms with Crippen molar-refractivity contribution in [2.45, 2.75) is 0 Å². The van der Waals surface area contributed by atoms with E-state index < -0.39 is 0 Å².